The number of fused-ring (bicyclic) bond motifs is 1. The number of amides is 3. The van der Waals surface area contributed by atoms with E-state index in [1.165, 1.54) is 29.0 Å². The van der Waals surface area contributed by atoms with Crippen molar-refractivity contribution in [3.8, 4) is 11.5 Å². The molecule has 1 aliphatic rings. The SMILES string of the molecule is COCCN(CC(=O)N(Cc1ccc2c(c1)OCO2)Cc1ccc(C)o1)C(=O)Nc1cccc(C(F)(F)F)c1. The molecule has 0 bridgehead atoms. The Morgan fingerprint density at radius 1 is 1.00 bits per heavy atom. The molecule has 0 unspecified atom stereocenters. The number of benzene rings is 2. The molecule has 3 amide bonds. The third-order valence-electron chi connectivity index (χ3n) is 5.93. The normalized spacial score (nSPS) is 12.3. The smallest absolute Gasteiger partial charge is 0.416 e. The fourth-order valence-corrected chi connectivity index (χ4v) is 3.94. The average molecular weight is 548 g/mol. The van der Waals surface area contributed by atoms with E-state index in [0.29, 0.717) is 23.0 Å². The number of carbonyl (C=O) groups excluding carboxylic acids is 2. The number of aryl methyl sites for hydroxylation is 1. The lowest BCUT2D eigenvalue weighted by atomic mass is 10.2. The first-order valence-corrected chi connectivity index (χ1v) is 12.1. The zero-order chi connectivity index (χ0) is 28.0. The maximum absolute atomic E-state index is 13.5. The summed E-state index contributed by atoms with van der Waals surface area (Å²) in [6, 6.07) is 12.4. The first-order chi connectivity index (χ1) is 18.6. The molecule has 0 aliphatic carbocycles. The van der Waals surface area contributed by atoms with Crippen LogP contribution in [0.4, 0.5) is 23.7 Å². The number of nitrogens with one attached hydrogen (secondary N) is 1. The molecule has 2 heterocycles. The lowest BCUT2D eigenvalue weighted by molar-refractivity contribution is -0.137. The van der Waals surface area contributed by atoms with Gasteiger partial charge in [0.25, 0.3) is 0 Å². The van der Waals surface area contributed by atoms with E-state index < -0.39 is 23.7 Å². The molecule has 1 aliphatic heterocycles. The molecule has 12 heteroatoms. The third-order valence-corrected chi connectivity index (χ3v) is 5.93. The van der Waals surface area contributed by atoms with E-state index in [-0.39, 0.29) is 45.3 Å². The summed E-state index contributed by atoms with van der Waals surface area (Å²) < 4.78 is 60.9. The molecule has 2 aromatic carbocycles. The van der Waals surface area contributed by atoms with Crippen LogP contribution in [-0.4, -0.2) is 55.3 Å². The third kappa shape index (κ3) is 7.44. The number of ether oxygens (including phenoxy) is 3. The van der Waals surface area contributed by atoms with E-state index in [1.54, 1.807) is 31.2 Å². The second kappa shape index (κ2) is 12.1. The summed E-state index contributed by atoms with van der Waals surface area (Å²) in [6.45, 7) is 2.02. The molecule has 0 atom stereocenters. The summed E-state index contributed by atoms with van der Waals surface area (Å²) >= 11 is 0. The molecule has 0 fully saturated rings. The molecule has 39 heavy (non-hydrogen) atoms. The number of halogens is 3. The quantitative estimate of drug-likeness (QED) is 0.382. The topological polar surface area (TPSA) is 93.5 Å². The Balaban J connectivity index is 1.51. The zero-order valence-electron chi connectivity index (χ0n) is 21.4. The standard InChI is InChI=1S/C27H28F3N3O6/c1-18-6-8-22(39-18)15-33(14-19-7-9-23-24(12-19)38-17-37-23)25(34)16-32(10-11-36-2)26(35)31-21-5-3-4-20(13-21)27(28,29)30/h3-9,12-13H,10-11,14-17H2,1-2H3,(H,31,35). The highest BCUT2D eigenvalue weighted by Crippen LogP contribution is 2.33. The van der Waals surface area contributed by atoms with Crippen LogP contribution in [0.5, 0.6) is 11.5 Å². The van der Waals surface area contributed by atoms with Gasteiger partial charge in [0.1, 0.15) is 18.1 Å². The molecule has 4 rings (SSSR count). The van der Waals surface area contributed by atoms with E-state index in [4.69, 9.17) is 18.6 Å². The predicted octanol–water partition coefficient (Wildman–Crippen LogP) is 5.04. The molecule has 3 aromatic rings. The maximum atomic E-state index is 13.5. The van der Waals surface area contributed by atoms with E-state index in [1.807, 2.05) is 6.07 Å². The van der Waals surface area contributed by atoms with Crippen molar-refractivity contribution < 1.29 is 41.4 Å². The van der Waals surface area contributed by atoms with Crippen LogP contribution in [0.2, 0.25) is 0 Å². The van der Waals surface area contributed by atoms with E-state index in [2.05, 4.69) is 5.32 Å². The molecular formula is C27H28F3N3O6. The molecule has 0 saturated carbocycles. The molecule has 1 N–H and O–H groups in total. The monoisotopic (exact) mass is 547 g/mol. The van der Waals surface area contributed by atoms with Gasteiger partial charge < -0.3 is 33.7 Å². The minimum atomic E-state index is -4.56. The summed E-state index contributed by atoms with van der Waals surface area (Å²) in [5.41, 5.74) is -0.177. The first-order valence-electron chi connectivity index (χ1n) is 12.1. The van der Waals surface area contributed by atoms with Crippen LogP contribution in [0, 0.1) is 6.92 Å². The van der Waals surface area contributed by atoms with Crippen molar-refractivity contribution in [3.05, 3.63) is 77.2 Å². The summed E-state index contributed by atoms with van der Waals surface area (Å²) in [5.74, 6) is 2.00. The van der Waals surface area contributed by atoms with Crippen LogP contribution in [-0.2, 0) is 28.8 Å². The summed E-state index contributed by atoms with van der Waals surface area (Å²) in [5, 5.41) is 2.45. The molecule has 1 aromatic heterocycles. The van der Waals surface area contributed by atoms with Crippen LogP contribution >= 0.6 is 0 Å². The second-order valence-corrected chi connectivity index (χ2v) is 8.87. The highest BCUT2D eigenvalue weighted by molar-refractivity contribution is 5.92. The van der Waals surface area contributed by atoms with Crippen LogP contribution in [0.15, 0.2) is 59.0 Å². The lowest BCUT2D eigenvalue weighted by Gasteiger charge is -2.27. The highest BCUT2D eigenvalue weighted by Gasteiger charge is 2.31. The Labute approximate surface area is 223 Å². The molecule has 0 radical (unpaired) electrons. The highest BCUT2D eigenvalue weighted by atomic mass is 19.4. The molecule has 0 spiro atoms. The van der Waals surface area contributed by atoms with Gasteiger partial charge in [-0.2, -0.15) is 13.2 Å². The summed E-state index contributed by atoms with van der Waals surface area (Å²) in [6.07, 6.45) is -4.56. The Kier molecular flexibility index (Phi) is 8.65. The van der Waals surface area contributed by atoms with Crippen molar-refractivity contribution in [1.82, 2.24) is 9.80 Å². The van der Waals surface area contributed by atoms with Crippen molar-refractivity contribution in [2.75, 3.05) is 38.9 Å². The molecule has 208 valence electrons. The van der Waals surface area contributed by atoms with Gasteiger partial charge in [-0.25, -0.2) is 4.79 Å². The number of alkyl halides is 3. The Morgan fingerprint density at radius 3 is 2.51 bits per heavy atom. The van der Waals surface area contributed by atoms with Crippen LogP contribution in [0.1, 0.15) is 22.6 Å². The van der Waals surface area contributed by atoms with Crippen molar-refractivity contribution in [2.45, 2.75) is 26.2 Å². The largest absolute Gasteiger partial charge is 0.464 e. The fraction of sp³-hybridized carbons (Fsp3) is 0.333. The second-order valence-electron chi connectivity index (χ2n) is 8.87. The minimum absolute atomic E-state index is 0.0325. The zero-order valence-corrected chi connectivity index (χ0v) is 21.4. The van der Waals surface area contributed by atoms with Gasteiger partial charge in [0.2, 0.25) is 12.7 Å². The predicted molar refractivity (Wildman–Crippen MR) is 134 cm³/mol. The van der Waals surface area contributed by atoms with Crippen LogP contribution in [0.3, 0.4) is 0 Å². The fourth-order valence-electron chi connectivity index (χ4n) is 3.94. The number of carbonyl (C=O) groups is 2. The summed E-state index contributed by atoms with van der Waals surface area (Å²) in [4.78, 5) is 29.3. The van der Waals surface area contributed by atoms with Crippen molar-refractivity contribution in [1.29, 1.82) is 0 Å². The number of rotatable bonds is 10. The van der Waals surface area contributed by atoms with Gasteiger partial charge in [0.15, 0.2) is 11.5 Å². The van der Waals surface area contributed by atoms with Crippen molar-refractivity contribution in [2.24, 2.45) is 0 Å². The van der Waals surface area contributed by atoms with E-state index in [0.717, 1.165) is 17.7 Å². The van der Waals surface area contributed by atoms with E-state index in [9.17, 15) is 22.8 Å². The van der Waals surface area contributed by atoms with Crippen LogP contribution in [0.25, 0.3) is 0 Å². The van der Waals surface area contributed by atoms with Gasteiger partial charge in [-0.3, -0.25) is 4.79 Å². The van der Waals surface area contributed by atoms with Gasteiger partial charge >= 0.3 is 12.2 Å². The van der Waals surface area contributed by atoms with Crippen molar-refractivity contribution in [3.63, 3.8) is 0 Å². The summed E-state index contributed by atoms with van der Waals surface area (Å²) in [7, 11) is 1.44. The number of hydrogen-bond donors (Lipinski definition) is 1. The van der Waals surface area contributed by atoms with Gasteiger partial charge in [-0.1, -0.05) is 12.1 Å². The number of methoxy groups -OCH3 is 1. The Hall–Kier alpha value is -4.19. The van der Waals surface area contributed by atoms with Gasteiger partial charge in [-0.15, -0.1) is 0 Å². The van der Waals surface area contributed by atoms with Crippen molar-refractivity contribution >= 4 is 17.6 Å². The Bertz CT molecular complexity index is 1310. The Morgan fingerprint density at radius 2 is 1.79 bits per heavy atom. The maximum Gasteiger partial charge on any atom is 0.416 e. The number of urea groups is 1. The van der Waals surface area contributed by atoms with Gasteiger partial charge in [-0.05, 0) is 55.0 Å². The van der Waals surface area contributed by atoms with Gasteiger partial charge in [0.05, 0.1) is 18.7 Å². The number of anilines is 1. The molecular weight excluding hydrogens is 519 g/mol. The van der Waals surface area contributed by atoms with E-state index >= 15 is 0 Å². The average Bonchev–Trinajstić information content (AvgIpc) is 3.53. The number of hydrogen-bond acceptors (Lipinski definition) is 6. The minimum Gasteiger partial charge on any atom is -0.464 e. The molecule has 9 nitrogen and oxygen atoms in total. The number of nitrogens with zero attached hydrogens (tertiary/aromatic N) is 2. The number of furan rings is 1. The van der Waals surface area contributed by atoms with Crippen LogP contribution < -0.4 is 14.8 Å². The lowest BCUT2D eigenvalue weighted by Crippen LogP contribution is -2.45. The first kappa shape index (κ1) is 27.8. The van der Waals surface area contributed by atoms with Gasteiger partial charge in [0, 0.05) is 25.9 Å². The molecule has 0 saturated heterocycles.